The second kappa shape index (κ2) is 16.7. The molecule has 3 aromatic carbocycles. The van der Waals surface area contributed by atoms with Crippen LogP contribution in [-0.4, -0.2) is 24.2 Å². The fraction of sp³-hybridized carbons (Fsp3) is 0.160. The van der Waals surface area contributed by atoms with Crippen LogP contribution in [-0.2, 0) is 16.5 Å². The number of rotatable bonds is 5. The van der Waals surface area contributed by atoms with Gasteiger partial charge >= 0.3 is 41.3 Å². The summed E-state index contributed by atoms with van der Waals surface area (Å²) >= 11 is -0.472. The van der Waals surface area contributed by atoms with Gasteiger partial charge < -0.3 is 37.2 Å². The summed E-state index contributed by atoms with van der Waals surface area (Å²) in [5.41, 5.74) is 3.78. The van der Waals surface area contributed by atoms with Crippen LogP contribution in [0.3, 0.4) is 0 Å². The van der Waals surface area contributed by atoms with Crippen LogP contribution in [0.2, 0.25) is 0 Å². The molecule has 0 bridgehead atoms. The van der Waals surface area contributed by atoms with Crippen LogP contribution in [0.1, 0.15) is 35.3 Å². The van der Waals surface area contributed by atoms with E-state index in [0.29, 0.717) is 11.3 Å². The number of halogens is 2. The zero-order chi connectivity index (χ0) is 26.0. The number of carboxylic acid groups (broad SMARTS) is 1. The largest absolute Gasteiger partial charge is 0.693 e. The van der Waals surface area contributed by atoms with Gasteiger partial charge in [0, 0.05) is 41.2 Å². The summed E-state index contributed by atoms with van der Waals surface area (Å²) < 4.78 is 6.26. The van der Waals surface area contributed by atoms with Gasteiger partial charge in [-0.25, -0.2) is 4.79 Å². The fourth-order valence-corrected chi connectivity index (χ4v) is 3.89. The number of anilines is 1. The molecule has 9 nitrogen and oxygen atoms in total. The van der Waals surface area contributed by atoms with Crippen LogP contribution in [0, 0.1) is 10.1 Å². The van der Waals surface area contributed by atoms with Crippen molar-refractivity contribution in [3.63, 3.8) is 0 Å². The van der Waals surface area contributed by atoms with Gasteiger partial charge in [-0.05, 0) is 48.9 Å². The van der Waals surface area contributed by atoms with Crippen molar-refractivity contribution in [3.8, 4) is 11.5 Å². The Morgan fingerprint density at radius 3 is 2.19 bits per heavy atom. The Balaban J connectivity index is 0.00000148. The summed E-state index contributed by atoms with van der Waals surface area (Å²) in [6, 6.07) is 19.0. The topological polar surface area (TPSA) is 169 Å². The predicted molar refractivity (Wildman–Crippen MR) is 148 cm³/mol. The maximum Gasteiger partial charge on any atom is -0.693 e. The fourth-order valence-electron chi connectivity index (χ4n) is 3.89. The number of hydrogen-bond donors (Lipinski definition) is 1. The van der Waals surface area contributed by atoms with Gasteiger partial charge in [-0.3, -0.25) is 0 Å². The van der Waals surface area contributed by atoms with E-state index in [9.17, 15) is 9.90 Å². The Bertz CT molecular complexity index is 1310. The Hall–Kier alpha value is -2.94. The molecular formula is C25H27Cl2N4O5Pt-. The van der Waals surface area contributed by atoms with E-state index in [1.165, 1.54) is 0 Å². The van der Waals surface area contributed by atoms with Crippen molar-refractivity contribution in [2.45, 2.75) is 13.8 Å². The Morgan fingerprint density at radius 1 is 1.03 bits per heavy atom. The third-order valence-corrected chi connectivity index (χ3v) is 5.33. The molecule has 1 heterocycles. The minimum atomic E-state index is -0.948. The predicted octanol–water partition coefficient (Wildman–Crippen LogP) is 7.06. The first-order valence-corrected chi connectivity index (χ1v) is 16.0. The quantitative estimate of drug-likeness (QED) is 0.170. The van der Waals surface area contributed by atoms with E-state index < -0.39 is 22.5 Å². The normalized spacial score (nSPS) is 10.3. The molecule has 0 fully saturated rings. The second-order valence-electron chi connectivity index (χ2n) is 7.13. The third-order valence-electron chi connectivity index (χ3n) is 5.33. The van der Waals surface area contributed by atoms with Crippen LogP contribution in [0.15, 0.2) is 66.0 Å². The summed E-state index contributed by atoms with van der Waals surface area (Å²) in [7, 11) is 9.75. The number of benzene rings is 3. The average Bonchev–Trinajstić information content (AvgIpc) is 2.84. The summed E-state index contributed by atoms with van der Waals surface area (Å²) in [5, 5.41) is 20.5. The zero-order valence-electron chi connectivity index (χ0n) is 20.1. The molecule has 0 amide bonds. The third kappa shape index (κ3) is 8.28. The smallest absolute Gasteiger partial charge is 0.693 e. The van der Waals surface area contributed by atoms with Gasteiger partial charge in [-0.1, -0.05) is 36.9 Å². The first-order valence-electron chi connectivity index (χ1n) is 10.4. The minimum Gasteiger partial charge on any atom is -0.693 e. The number of fused-ring (bicyclic) bond motifs is 2. The molecule has 4 rings (SSSR count). The summed E-state index contributed by atoms with van der Waals surface area (Å²) in [5.74, 6) is 0.468. The van der Waals surface area contributed by atoms with Crippen molar-refractivity contribution in [2.24, 2.45) is 5.34 Å². The first-order chi connectivity index (χ1) is 16.9. The van der Waals surface area contributed by atoms with E-state index >= 15 is 0 Å². The van der Waals surface area contributed by atoms with Crippen molar-refractivity contribution < 1.29 is 31.1 Å². The number of nitrogens with zero attached hydrogens (tertiary/aromatic N) is 2. The maximum atomic E-state index is 11.9. The van der Waals surface area contributed by atoms with Crippen molar-refractivity contribution in [1.29, 1.82) is 0 Å². The van der Waals surface area contributed by atoms with Gasteiger partial charge in [0.2, 0.25) is 0 Å². The summed E-state index contributed by atoms with van der Waals surface area (Å²) in [6.07, 6.45) is 0. The van der Waals surface area contributed by atoms with Crippen LogP contribution >= 0.6 is 18.8 Å². The monoisotopic (exact) mass is 728 g/mol. The molecule has 202 valence electrons. The molecule has 0 atom stereocenters. The van der Waals surface area contributed by atoms with Gasteiger partial charge in [-0.15, -0.1) is 5.34 Å². The molecule has 0 unspecified atom stereocenters. The van der Waals surface area contributed by atoms with E-state index in [4.69, 9.17) is 33.7 Å². The molecule has 1 aliphatic rings. The standard InChI is InChI=1S/C25H23NO3.2ClH.HNO2.2H2N.Pt/c1-4-26(5-2)17-11-13-21-23(15-17)29-22-14-16(3)10-12-20(22)24(21)18-8-6-7-9-19(18)25(27)28;;;2-1-3;;;/h6-15H,3-5H2,1-2H3,(H,27,28);2*1H;(H,2,3);2*1H2;/q;;;;2*-1;+4/p-3. The minimum absolute atomic E-state index is 0. The van der Waals surface area contributed by atoms with Crippen molar-refractivity contribution in [2.75, 3.05) is 18.0 Å². The molecule has 0 spiro atoms. The van der Waals surface area contributed by atoms with Crippen LogP contribution in [0.5, 0.6) is 11.5 Å². The Labute approximate surface area is 231 Å². The van der Waals surface area contributed by atoms with E-state index in [1.54, 1.807) is 12.1 Å². The molecule has 0 aromatic heterocycles. The number of nitrogens with two attached hydrogens (primary N) is 2. The van der Waals surface area contributed by atoms with Gasteiger partial charge in [0.1, 0.15) is 11.5 Å². The summed E-state index contributed by atoms with van der Waals surface area (Å²) in [6.45, 7) is 10.0. The number of carboxylic acids is 1. The molecule has 5 N–H and O–H groups in total. The first kappa shape index (κ1) is 34.1. The van der Waals surface area contributed by atoms with Gasteiger partial charge in [0.15, 0.2) is 0 Å². The van der Waals surface area contributed by atoms with Crippen molar-refractivity contribution in [3.05, 3.63) is 110 Å². The van der Waals surface area contributed by atoms with Crippen LogP contribution < -0.4 is 20.1 Å². The average molecular weight is 729 g/mol. The number of carbonyl (C=O) groups is 1. The molecule has 0 aliphatic carbocycles. The van der Waals surface area contributed by atoms with E-state index in [0.717, 1.165) is 51.4 Å². The number of aromatic carboxylic acids is 1. The molecule has 12 heteroatoms. The molecular weight excluding hydrogens is 702 g/mol. The van der Waals surface area contributed by atoms with Crippen molar-refractivity contribution in [1.82, 2.24) is 0 Å². The second-order valence-corrected chi connectivity index (χ2v) is 10.4. The molecule has 0 saturated carbocycles. The zero-order valence-corrected chi connectivity index (χ0v) is 23.9. The maximum absolute atomic E-state index is 11.9. The van der Waals surface area contributed by atoms with E-state index in [-0.39, 0.29) is 17.9 Å². The Kier molecular flexibility index (Phi) is 15.4. The molecule has 0 radical (unpaired) electrons. The van der Waals surface area contributed by atoms with Gasteiger partial charge in [0.05, 0.1) is 5.56 Å². The molecule has 3 aromatic rings. The molecule has 0 saturated heterocycles. The van der Waals surface area contributed by atoms with Gasteiger partial charge in [-0.2, -0.15) is 0 Å². The van der Waals surface area contributed by atoms with E-state index in [2.05, 4.69) is 31.4 Å². The number of ether oxygens (including phenoxy) is 1. The SMILES string of the molecule is C=c1ccc2c(c1)Oc1cc(N(CC)CC)ccc1C=2c1ccccc1C(=O)O.O=N[O-].[Cl][Pt+2][Cl].[NH2-].[NH2-]. The van der Waals surface area contributed by atoms with Crippen molar-refractivity contribution >= 4 is 42.6 Å². The van der Waals surface area contributed by atoms with Crippen LogP contribution in [0.4, 0.5) is 5.69 Å². The number of hydrogen-bond acceptors (Lipinski definition) is 6. The Morgan fingerprint density at radius 2 is 1.62 bits per heavy atom. The summed E-state index contributed by atoms with van der Waals surface area (Å²) in [4.78, 5) is 22.2. The van der Waals surface area contributed by atoms with E-state index in [1.807, 2.05) is 42.5 Å². The molecule has 37 heavy (non-hydrogen) atoms. The molecule has 1 aliphatic heterocycles. The van der Waals surface area contributed by atoms with Gasteiger partial charge in [0.25, 0.3) is 0 Å². The van der Waals surface area contributed by atoms with Crippen LogP contribution in [0.25, 0.3) is 24.5 Å².